The molecule has 0 aliphatic rings. The zero-order valence-corrected chi connectivity index (χ0v) is 11.2. The number of aryl methyl sites for hydroxylation is 1. The van der Waals surface area contributed by atoms with E-state index in [0.29, 0.717) is 5.82 Å². The minimum atomic E-state index is -4.18. The van der Waals surface area contributed by atoms with Crippen LogP contribution in [0.25, 0.3) is 10.2 Å². The Labute approximate surface area is 112 Å². The Morgan fingerprint density at radius 3 is 2.79 bits per heavy atom. The minimum absolute atomic E-state index is 0.182. The van der Waals surface area contributed by atoms with Crippen molar-refractivity contribution < 1.29 is 13.2 Å². The number of anilines is 1. The summed E-state index contributed by atoms with van der Waals surface area (Å²) in [7, 11) is 0. The van der Waals surface area contributed by atoms with E-state index in [9.17, 15) is 13.2 Å². The number of halogens is 3. The number of hydrogen-bond acceptors (Lipinski definition) is 4. The molecule has 104 valence electrons. The molecule has 0 spiro atoms. The molecule has 0 saturated heterocycles. The average molecular weight is 289 g/mol. The van der Waals surface area contributed by atoms with Crippen LogP contribution >= 0.6 is 11.3 Å². The number of alkyl halides is 3. The molecule has 0 unspecified atom stereocenters. The minimum Gasteiger partial charge on any atom is -0.369 e. The van der Waals surface area contributed by atoms with Gasteiger partial charge in [-0.1, -0.05) is 6.92 Å². The third-order valence-corrected chi connectivity index (χ3v) is 3.35. The van der Waals surface area contributed by atoms with Crippen LogP contribution in [-0.4, -0.2) is 22.7 Å². The fourth-order valence-electron chi connectivity index (χ4n) is 1.64. The van der Waals surface area contributed by atoms with Crippen LogP contribution in [0.5, 0.6) is 0 Å². The number of fused-ring (bicyclic) bond motifs is 1. The van der Waals surface area contributed by atoms with Crippen molar-refractivity contribution in [2.45, 2.75) is 32.4 Å². The van der Waals surface area contributed by atoms with E-state index < -0.39 is 12.6 Å². The lowest BCUT2D eigenvalue weighted by molar-refractivity contribution is -0.134. The number of hydrogen-bond donors (Lipinski definition) is 1. The van der Waals surface area contributed by atoms with Gasteiger partial charge in [-0.25, -0.2) is 9.97 Å². The highest BCUT2D eigenvalue weighted by molar-refractivity contribution is 7.16. The summed E-state index contributed by atoms with van der Waals surface area (Å²) in [6.45, 7) is 2.75. The molecule has 7 heteroatoms. The molecular weight excluding hydrogens is 275 g/mol. The second-order valence-electron chi connectivity index (χ2n) is 4.17. The van der Waals surface area contributed by atoms with Crippen molar-refractivity contribution in [3.05, 3.63) is 17.3 Å². The third-order valence-electron chi connectivity index (χ3n) is 2.55. The van der Waals surface area contributed by atoms with E-state index in [1.807, 2.05) is 18.4 Å². The zero-order valence-electron chi connectivity index (χ0n) is 10.4. The molecule has 2 heterocycles. The monoisotopic (exact) mass is 289 g/mol. The molecule has 0 aromatic carbocycles. The van der Waals surface area contributed by atoms with Gasteiger partial charge in [0.1, 0.15) is 16.5 Å². The van der Waals surface area contributed by atoms with Crippen LogP contribution in [0.3, 0.4) is 0 Å². The fourth-order valence-corrected chi connectivity index (χ4v) is 2.43. The second kappa shape index (κ2) is 5.73. The largest absolute Gasteiger partial charge is 0.389 e. The summed E-state index contributed by atoms with van der Waals surface area (Å²) in [5.41, 5.74) is 0. The van der Waals surface area contributed by atoms with Crippen molar-refractivity contribution in [3.8, 4) is 0 Å². The van der Waals surface area contributed by atoms with Crippen molar-refractivity contribution in [3.63, 3.8) is 0 Å². The van der Waals surface area contributed by atoms with Gasteiger partial charge in [0.25, 0.3) is 0 Å². The Morgan fingerprint density at radius 2 is 2.11 bits per heavy atom. The molecule has 2 aromatic heterocycles. The van der Waals surface area contributed by atoms with E-state index in [4.69, 9.17) is 0 Å². The molecule has 0 bridgehead atoms. The second-order valence-corrected chi connectivity index (χ2v) is 5.06. The number of aromatic nitrogens is 2. The maximum Gasteiger partial charge on any atom is 0.389 e. The van der Waals surface area contributed by atoms with Gasteiger partial charge in [-0.05, 0) is 17.9 Å². The van der Waals surface area contributed by atoms with Crippen LogP contribution < -0.4 is 5.32 Å². The summed E-state index contributed by atoms with van der Waals surface area (Å²) in [6.07, 6.45) is -4.33. The summed E-state index contributed by atoms with van der Waals surface area (Å²) in [5.74, 6) is 0.871. The lowest BCUT2D eigenvalue weighted by Gasteiger charge is -2.09. The Morgan fingerprint density at radius 1 is 1.32 bits per heavy atom. The summed E-state index contributed by atoms with van der Waals surface area (Å²) in [4.78, 5) is 9.10. The van der Waals surface area contributed by atoms with Crippen LogP contribution in [0, 0.1) is 0 Å². The molecular formula is C12H14F3N3S. The highest BCUT2D eigenvalue weighted by Crippen LogP contribution is 2.27. The van der Waals surface area contributed by atoms with Crippen LogP contribution in [0.4, 0.5) is 19.0 Å². The van der Waals surface area contributed by atoms with Gasteiger partial charge in [0.05, 0.1) is 11.8 Å². The van der Waals surface area contributed by atoms with Crippen molar-refractivity contribution >= 4 is 27.4 Å². The smallest absolute Gasteiger partial charge is 0.369 e. The Balaban J connectivity index is 2.24. The third kappa shape index (κ3) is 3.79. The van der Waals surface area contributed by atoms with Crippen LogP contribution in [-0.2, 0) is 6.42 Å². The molecule has 0 radical (unpaired) electrons. The molecule has 0 saturated carbocycles. The first-order valence-corrected chi connectivity index (χ1v) is 6.92. The summed E-state index contributed by atoms with van der Waals surface area (Å²) >= 11 is 1.41. The Hall–Kier alpha value is -1.37. The van der Waals surface area contributed by atoms with Crippen LogP contribution in [0.1, 0.15) is 25.6 Å². The number of thiophene rings is 1. The number of nitrogens with zero attached hydrogens (tertiary/aromatic N) is 2. The molecule has 19 heavy (non-hydrogen) atoms. The van der Waals surface area contributed by atoms with Gasteiger partial charge < -0.3 is 5.32 Å². The summed E-state index contributed by atoms with van der Waals surface area (Å²) in [5, 5.41) is 5.87. The van der Waals surface area contributed by atoms with E-state index >= 15 is 0 Å². The van der Waals surface area contributed by atoms with Crippen molar-refractivity contribution in [2.75, 3.05) is 11.9 Å². The van der Waals surface area contributed by atoms with Gasteiger partial charge in [0.2, 0.25) is 0 Å². The molecule has 0 aliphatic carbocycles. The lowest BCUT2D eigenvalue weighted by Crippen LogP contribution is -2.11. The summed E-state index contributed by atoms with van der Waals surface area (Å²) in [6, 6.07) is 1.88. The first-order chi connectivity index (χ1) is 8.99. The van der Waals surface area contributed by atoms with Crippen molar-refractivity contribution in [2.24, 2.45) is 0 Å². The zero-order chi connectivity index (χ0) is 13.9. The normalized spacial score (nSPS) is 12.0. The van der Waals surface area contributed by atoms with Crippen LogP contribution in [0.2, 0.25) is 0 Å². The van der Waals surface area contributed by atoms with Gasteiger partial charge in [0.15, 0.2) is 0 Å². The van der Waals surface area contributed by atoms with E-state index in [0.717, 1.165) is 23.2 Å². The van der Waals surface area contributed by atoms with E-state index in [1.165, 1.54) is 11.3 Å². The first-order valence-electron chi connectivity index (χ1n) is 6.04. The van der Waals surface area contributed by atoms with E-state index in [-0.39, 0.29) is 12.2 Å². The lowest BCUT2D eigenvalue weighted by atomic mass is 10.2. The van der Waals surface area contributed by atoms with Crippen molar-refractivity contribution in [1.82, 2.24) is 9.97 Å². The first kappa shape index (κ1) is 14.0. The molecule has 0 atom stereocenters. The number of nitrogens with one attached hydrogen (secondary N) is 1. The average Bonchev–Trinajstić information content (AvgIpc) is 2.80. The molecule has 0 amide bonds. The maximum absolute atomic E-state index is 12.2. The Bertz CT molecular complexity index is 551. The number of rotatable bonds is 5. The highest BCUT2D eigenvalue weighted by Gasteiger charge is 2.27. The van der Waals surface area contributed by atoms with Gasteiger partial charge in [0, 0.05) is 13.0 Å². The van der Waals surface area contributed by atoms with Gasteiger partial charge in [-0.2, -0.15) is 13.2 Å². The molecule has 2 aromatic rings. The molecule has 0 aliphatic heterocycles. The standard InChI is InChI=1S/C12H14F3N3S/c1-2-6-16-10-8-4-7-19-11(8)18-9(17-10)3-5-12(13,14)15/h4,7H,2-3,5-6H2,1H3,(H,16,17,18). The molecule has 2 rings (SSSR count). The van der Waals surface area contributed by atoms with Crippen LogP contribution in [0.15, 0.2) is 11.4 Å². The van der Waals surface area contributed by atoms with Crippen molar-refractivity contribution in [1.29, 1.82) is 0 Å². The van der Waals surface area contributed by atoms with E-state index in [2.05, 4.69) is 15.3 Å². The molecule has 0 fully saturated rings. The van der Waals surface area contributed by atoms with Gasteiger partial charge >= 0.3 is 6.18 Å². The predicted molar refractivity (Wildman–Crippen MR) is 70.6 cm³/mol. The van der Waals surface area contributed by atoms with Gasteiger partial charge in [-0.15, -0.1) is 11.3 Å². The van der Waals surface area contributed by atoms with Gasteiger partial charge in [-0.3, -0.25) is 0 Å². The highest BCUT2D eigenvalue weighted by atomic mass is 32.1. The van der Waals surface area contributed by atoms with E-state index in [1.54, 1.807) is 0 Å². The molecule has 1 N–H and O–H groups in total. The summed E-state index contributed by atoms with van der Waals surface area (Å²) < 4.78 is 36.7. The quantitative estimate of drug-likeness (QED) is 0.903. The fraction of sp³-hybridized carbons (Fsp3) is 0.500. The SMILES string of the molecule is CCCNc1nc(CCC(F)(F)F)nc2sccc12. The molecule has 3 nitrogen and oxygen atoms in total. The predicted octanol–water partition coefficient (Wildman–Crippen LogP) is 4.01. The maximum atomic E-state index is 12.2. The Kier molecular flexibility index (Phi) is 4.24. The topological polar surface area (TPSA) is 37.8 Å².